The van der Waals surface area contributed by atoms with Crippen molar-refractivity contribution < 1.29 is 19.4 Å². The van der Waals surface area contributed by atoms with Crippen LogP contribution in [-0.4, -0.2) is 45.3 Å². The van der Waals surface area contributed by atoms with Gasteiger partial charge in [-0.3, -0.25) is 9.48 Å². The molecule has 0 radical (unpaired) electrons. The molecule has 0 aliphatic carbocycles. The Morgan fingerprint density at radius 1 is 1.21 bits per heavy atom. The lowest BCUT2D eigenvalue weighted by atomic mass is 10.1. The van der Waals surface area contributed by atoms with E-state index in [0.29, 0.717) is 24.6 Å². The number of ether oxygens (including phenoxy) is 1. The predicted molar refractivity (Wildman–Crippen MR) is 106 cm³/mol. The molecular weight excluding hydrogens is 358 g/mol. The number of carboxylic acid groups (broad SMARTS) is 1. The zero-order valence-electron chi connectivity index (χ0n) is 17.2. The highest BCUT2D eigenvalue weighted by molar-refractivity contribution is 5.79. The van der Waals surface area contributed by atoms with E-state index >= 15 is 0 Å². The van der Waals surface area contributed by atoms with E-state index < -0.39 is 5.97 Å². The largest absolute Gasteiger partial charge is 0.482 e. The second kappa shape index (κ2) is 9.39. The summed E-state index contributed by atoms with van der Waals surface area (Å²) in [6.45, 7) is 9.19. The highest BCUT2D eigenvalue weighted by atomic mass is 16.5. The molecule has 2 aromatic rings. The molecule has 0 fully saturated rings. The van der Waals surface area contributed by atoms with E-state index in [1.54, 1.807) is 24.1 Å². The fourth-order valence-corrected chi connectivity index (χ4v) is 3.00. The van der Waals surface area contributed by atoms with Gasteiger partial charge in [-0.15, -0.1) is 0 Å². The van der Waals surface area contributed by atoms with Crippen LogP contribution in [0.3, 0.4) is 0 Å². The average molecular weight is 387 g/mol. The fraction of sp³-hybridized carbons (Fsp3) is 0.476. The lowest BCUT2D eigenvalue weighted by molar-refractivity contribution is -0.139. The Labute approximate surface area is 165 Å². The van der Waals surface area contributed by atoms with Crippen molar-refractivity contribution in [2.75, 3.05) is 13.7 Å². The molecule has 28 heavy (non-hydrogen) atoms. The van der Waals surface area contributed by atoms with Gasteiger partial charge in [-0.2, -0.15) is 5.10 Å². The Kier molecular flexibility index (Phi) is 7.20. The minimum atomic E-state index is -1.02. The smallest absolute Gasteiger partial charge is 0.341 e. The van der Waals surface area contributed by atoms with Crippen molar-refractivity contribution in [1.82, 2.24) is 14.7 Å². The first-order valence-electron chi connectivity index (χ1n) is 9.37. The van der Waals surface area contributed by atoms with Crippen LogP contribution in [-0.2, 0) is 29.1 Å². The molecule has 1 amide bonds. The van der Waals surface area contributed by atoms with Crippen LogP contribution in [0.5, 0.6) is 5.75 Å². The van der Waals surface area contributed by atoms with Crippen molar-refractivity contribution in [2.24, 2.45) is 5.92 Å². The topological polar surface area (TPSA) is 84.7 Å². The molecule has 7 heteroatoms. The van der Waals surface area contributed by atoms with Crippen LogP contribution in [0, 0.1) is 19.8 Å². The summed E-state index contributed by atoms with van der Waals surface area (Å²) in [6, 6.07) is 7.08. The second-order valence-corrected chi connectivity index (χ2v) is 7.48. The van der Waals surface area contributed by atoms with Crippen LogP contribution >= 0.6 is 0 Å². The SMILES string of the molecule is Cc1nn(CC(C)C)c(C)c1CC(=O)N(C)Cc1ccc(OCC(=O)O)cc1. The van der Waals surface area contributed by atoms with Gasteiger partial charge < -0.3 is 14.7 Å². The van der Waals surface area contributed by atoms with Gasteiger partial charge in [-0.1, -0.05) is 26.0 Å². The Bertz CT molecular complexity index is 825. The minimum absolute atomic E-state index is 0.0292. The third-order valence-corrected chi connectivity index (χ3v) is 4.53. The number of likely N-dealkylation sites (N-methyl/N-ethyl adjacent to an activating group) is 1. The lowest BCUT2D eigenvalue weighted by Crippen LogP contribution is -2.28. The molecular formula is C21H29N3O4. The normalized spacial score (nSPS) is 10.9. The van der Waals surface area contributed by atoms with Gasteiger partial charge in [0.15, 0.2) is 6.61 Å². The molecule has 1 aromatic carbocycles. The molecule has 152 valence electrons. The number of rotatable bonds is 9. The second-order valence-electron chi connectivity index (χ2n) is 7.48. The lowest BCUT2D eigenvalue weighted by Gasteiger charge is -2.18. The van der Waals surface area contributed by atoms with E-state index in [1.807, 2.05) is 30.7 Å². The van der Waals surface area contributed by atoms with E-state index in [2.05, 4.69) is 18.9 Å². The van der Waals surface area contributed by atoms with Gasteiger partial charge in [-0.05, 0) is 37.5 Å². The van der Waals surface area contributed by atoms with Gasteiger partial charge in [0.2, 0.25) is 5.91 Å². The summed E-state index contributed by atoms with van der Waals surface area (Å²) in [7, 11) is 1.78. The molecule has 1 aromatic heterocycles. The Balaban J connectivity index is 1.98. The van der Waals surface area contributed by atoms with Gasteiger partial charge in [0.25, 0.3) is 0 Å². The van der Waals surface area contributed by atoms with Crippen molar-refractivity contribution in [2.45, 2.75) is 47.2 Å². The maximum Gasteiger partial charge on any atom is 0.341 e. The van der Waals surface area contributed by atoms with Crippen molar-refractivity contribution in [3.8, 4) is 5.75 Å². The first-order valence-corrected chi connectivity index (χ1v) is 9.37. The summed E-state index contributed by atoms with van der Waals surface area (Å²) in [5.74, 6) is -0.00571. The van der Waals surface area contributed by atoms with Gasteiger partial charge >= 0.3 is 5.97 Å². The first-order chi connectivity index (χ1) is 13.2. The number of carboxylic acids is 1. The fourth-order valence-electron chi connectivity index (χ4n) is 3.00. The van der Waals surface area contributed by atoms with Crippen LogP contribution in [0.15, 0.2) is 24.3 Å². The molecule has 7 nitrogen and oxygen atoms in total. The third-order valence-electron chi connectivity index (χ3n) is 4.53. The number of aliphatic carboxylic acids is 1. The predicted octanol–water partition coefficient (Wildman–Crippen LogP) is 2.82. The van der Waals surface area contributed by atoms with Gasteiger partial charge in [0.1, 0.15) is 5.75 Å². The monoisotopic (exact) mass is 387 g/mol. The van der Waals surface area contributed by atoms with E-state index in [-0.39, 0.29) is 12.5 Å². The van der Waals surface area contributed by atoms with E-state index in [4.69, 9.17) is 9.84 Å². The summed E-state index contributed by atoms with van der Waals surface area (Å²) < 4.78 is 7.11. The van der Waals surface area contributed by atoms with E-state index in [1.165, 1.54) is 0 Å². The molecule has 1 N–H and O–H groups in total. The number of carbonyl (C=O) groups is 2. The zero-order chi connectivity index (χ0) is 20.8. The average Bonchev–Trinajstić information content (AvgIpc) is 2.87. The molecule has 0 aliphatic rings. The molecule has 0 spiro atoms. The summed E-state index contributed by atoms with van der Waals surface area (Å²) in [5.41, 5.74) is 3.89. The van der Waals surface area contributed by atoms with E-state index in [9.17, 15) is 9.59 Å². The number of aryl methyl sites for hydroxylation is 1. The van der Waals surface area contributed by atoms with Crippen LogP contribution in [0.2, 0.25) is 0 Å². The number of hydrogen-bond acceptors (Lipinski definition) is 4. The summed E-state index contributed by atoms with van der Waals surface area (Å²) >= 11 is 0. The Hall–Kier alpha value is -2.83. The maximum atomic E-state index is 12.7. The Morgan fingerprint density at radius 2 is 1.86 bits per heavy atom. The number of nitrogens with zero attached hydrogens (tertiary/aromatic N) is 3. The first kappa shape index (κ1) is 21.5. The molecule has 0 unspecified atom stereocenters. The highest BCUT2D eigenvalue weighted by Crippen LogP contribution is 2.17. The van der Waals surface area contributed by atoms with Gasteiger partial charge in [0.05, 0.1) is 12.1 Å². The van der Waals surface area contributed by atoms with Gasteiger partial charge in [-0.25, -0.2) is 4.79 Å². The number of hydrogen-bond donors (Lipinski definition) is 1. The van der Waals surface area contributed by atoms with Crippen molar-refractivity contribution in [3.05, 3.63) is 46.8 Å². The van der Waals surface area contributed by atoms with Crippen LogP contribution in [0.4, 0.5) is 0 Å². The molecule has 1 heterocycles. The quantitative estimate of drug-likeness (QED) is 0.715. The van der Waals surface area contributed by atoms with Crippen LogP contribution < -0.4 is 4.74 Å². The summed E-state index contributed by atoms with van der Waals surface area (Å²) in [4.78, 5) is 24.9. The molecule has 0 saturated carbocycles. The van der Waals surface area contributed by atoms with Crippen LogP contribution in [0.25, 0.3) is 0 Å². The number of benzene rings is 1. The molecule has 0 aliphatic heterocycles. The maximum absolute atomic E-state index is 12.7. The molecule has 0 saturated heterocycles. The summed E-state index contributed by atoms with van der Waals surface area (Å²) in [6.07, 6.45) is 0.325. The minimum Gasteiger partial charge on any atom is -0.482 e. The molecule has 0 bridgehead atoms. The Morgan fingerprint density at radius 3 is 2.43 bits per heavy atom. The molecule has 2 rings (SSSR count). The highest BCUT2D eigenvalue weighted by Gasteiger charge is 2.18. The van der Waals surface area contributed by atoms with Crippen molar-refractivity contribution >= 4 is 11.9 Å². The van der Waals surface area contributed by atoms with Crippen molar-refractivity contribution in [1.29, 1.82) is 0 Å². The number of amides is 1. The standard InChI is InChI=1S/C21H29N3O4/c1-14(2)11-24-16(4)19(15(3)22-24)10-20(25)23(5)12-17-6-8-18(9-7-17)28-13-21(26)27/h6-9,14H,10-13H2,1-5H3,(H,26,27). The third kappa shape index (κ3) is 5.84. The summed E-state index contributed by atoms with van der Waals surface area (Å²) in [5, 5.41) is 13.2. The number of aromatic nitrogens is 2. The molecule has 0 atom stereocenters. The number of carbonyl (C=O) groups excluding carboxylic acids is 1. The zero-order valence-corrected chi connectivity index (χ0v) is 17.2. The van der Waals surface area contributed by atoms with Crippen molar-refractivity contribution in [3.63, 3.8) is 0 Å². The van der Waals surface area contributed by atoms with Gasteiger partial charge in [0, 0.05) is 31.4 Å². The van der Waals surface area contributed by atoms with Crippen LogP contribution in [0.1, 0.15) is 36.4 Å². The van der Waals surface area contributed by atoms with E-state index in [0.717, 1.165) is 29.1 Å².